The maximum absolute atomic E-state index is 12.6. The molecule has 7 nitrogen and oxygen atoms in total. The van der Waals surface area contributed by atoms with E-state index in [4.69, 9.17) is 0 Å². The number of fused-ring (bicyclic) bond motifs is 2. The highest BCUT2D eigenvalue weighted by atomic mass is 32.1. The average molecular weight is 386 g/mol. The van der Waals surface area contributed by atoms with Crippen LogP contribution < -0.4 is 5.32 Å². The van der Waals surface area contributed by atoms with Gasteiger partial charge in [0.05, 0.1) is 21.4 Å². The van der Waals surface area contributed by atoms with Gasteiger partial charge in [-0.05, 0) is 49.4 Å². The predicted octanol–water partition coefficient (Wildman–Crippen LogP) is 3.96. The van der Waals surface area contributed by atoms with E-state index in [-0.39, 0.29) is 5.91 Å². The van der Waals surface area contributed by atoms with Gasteiger partial charge in [0.2, 0.25) is 0 Å². The smallest absolute Gasteiger partial charge is 0.255 e. The number of carbonyl (C=O) groups excluding carboxylic acids is 1. The molecule has 136 valence electrons. The fraction of sp³-hybridized carbons (Fsp3) is 0.0500. The Kier molecular flexibility index (Phi) is 3.84. The van der Waals surface area contributed by atoms with Crippen molar-refractivity contribution in [2.75, 3.05) is 5.32 Å². The summed E-state index contributed by atoms with van der Waals surface area (Å²) in [6.07, 6.45) is 0. The molecule has 3 aromatic heterocycles. The van der Waals surface area contributed by atoms with Crippen molar-refractivity contribution in [3.63, 3.8) is 0 Å². The summed E-state index contributed by atoms with van der Waals surface area (Å²) in [7, 11) is 0. The molecule has 0 aliphatic heterocycles. The van der Waals surface area contributed by atoms with E-state index in [1.165, 1.54) is 11.3 Å². The molecule has 0 bridgehead atoms. The summed E-state index contributed by atoms with van der Waals surface area (Å²) >= 11 is 1.52. The third-order valence-corrected chi connectivity index (χ3v) is 5.22. The van der Waals surface area contributed by atoms with Crippen LogP contribution in [0.2, 0.25) is 0 Å². The Hall–Kier alpha value is -3.65. The molecule has 5 rings (SSSR count). The van der Waals surface area contributed by atoms with Crippen LogP contribution in [-0.2, 0) is 0 Å². The van der Waals surface area contributed by atoms with Crippen LogP contribution in [0.5, 0.6) is 0 Å². The molecular weight excluding hydrogens is 372 g/mol. The van der Waals surface area contributed by atoms with E-state index in [2.05, 4.69) is 25.6 Å². The number of nitrogens with zero attached hydrogens (tertiary/aromatic N) is 5. The molecule has 0 fully saturated rings. The van der Waals surface area contributed by atoms with Gasteiger partial charge in [0.15, 0.2) is 11.5 Å². The SMILES string of the molecule is Cc1nnc2ccc(-c3cccc(NC(=O)c4ccc5ncsc5c4)c3)nn12. The van der Waals surface area contributed by atoms with Crippen molar-refractivity contribution in [3.05, 3.63) is 71.5 Å². The van der Waals surface area contributed by atoms with Crippen LogP contribution >= 0.6 is 11.3 Å². The van der Waals surface area contributed by atoms with Gasteiger partial charge in [0.1, 0.15) is 0 Å². The second-order valence-corrected chi connectivity index (χ2v) is 7.19. The van der Waals surface area contributed by atoms with Crippen molar-refractivity contribution >= 4 is 38.8 Å². The highest BCUT2D eigenvalue weighted by Gasteiger charge is 2.10. The summed E-state index contributed by atoms with van der Waals surface area (Å²) in [5.41, 5.74) is 6.34. The highest BCUT2D eigenvalue weighted by Crippen LogP contribution is 2.23. The Morgan fingerprint density at radius 1 is 1.07 bits per heavy atom. The molecule has 0 aliphatic rings. The topological polar surface area (TPSA) is 85.1 Å². The first-order valence-electron chi connectivity index (χ1n) is 8.61. The first kappa shape index (κ1) is 16.5. The molecule has 1 amide bonds. The highest BCUT2D eigenvalue weighted by molar-refractivity contribution is 7.16. The van der Waals surface area contributed by atoms with Gasteiger partial charge in [-0.25, -0.2) is 4.98 Å². The number of rotatable bonds is 3. The first-order chi connectivity index (χ1) is 13.7. The van der Waals surface area contributed by atoms with E-state index < -0.39 is 0 Å². The first-order valence-corrected chi connectivity index (χ1v) is 9.49. The number of amides is 1. The molecule has 0 radical (unpaired) electrons. The van der Waals surface area contributed by atoms with Crippen LogP contribution in [0.3, 0.4) is 0 Å². The van der Waals surface area contributed by atoms with Gasteiger partial charge in [0, 0.05) is 16.8 Å². The summed E-state index contributed by atoms with van der Waals surface area (Å²) in [5.74, 6) is 0.560. The Labute approximate surface area is 163 Å². The number of thiazole rings is 1. The molecular formula is C20H14N6OS. The summed E-state index contributed by atoms with van der Waals surface area (Å²) < 4.78 is 2.69. The number of hydrogen-bond acceptors (Lipinski definition) is 6. The molecule has 0 spiro atoms. The lowest BCUT2D eigenvalue weighted by Gasteiger charge is -2.08. The lowest BCUT2D eigenvalue weighted by atomic mass is 10.1. The summed E-state index contributed by atoms with van der Waals surface area (Å²) in [6, 6.07) is 16.9. The Bertz CT molecular complexity index is 1340. The molecule has 2 aromatic carbocycles. The van der Waals surface area contributed by atoms with Crippen molar-refractivity contribution in [2.45, 2.75) is 6.92 Å². The summed E-state index contributed by atoms with van der Waals surface area (Å²) in [5, 5.41) is 15.6. The van der Waals surface area contributed by atoms with Gasteiger partial charge in [-0.15, -0.1) is 21.5 Å². The average Bonchev–Trinajstić information content (AvgIpc) is 3.34. The Morgan fingerprint density at radius 2 is 2.00 bits per heavy atom. The summed E-state index contributed by atoms with van der Waals surface area (Å²) in [4.78, 5) is 16.9. The van der Waals surface area contributed by atoms with Gasteiger partial charge in [-0.1, -0.05) is 12.1 Å². The van der Waals surface area contributed by atoms with E-state index in [0.717, 1.165) is 27.3 Å². The number of nitrogens with one attached hydrogen (secondary N) is 1. The molecule has 0 saturated heterocycles. The van der Waals surface area contributed by atoms with Crippen LogP contribution in [-0.4, -0.2) is 30.7 Å². The van der Waals surface area contributed by atoms with E-state index in [9.17, 15) is 4.79 Å². The quantitative estimate of drug-likeness (QED) is 0.507. The molecule has 0 saturated carbocycles. The van der Waals surface area contributed by atoms with Gasteiger partial charge in [0.25, 0.3) is 5.91 Å². The largest absolute Gasteiger partial charge is 0.322 e. The van der Waals surface area contributed by atoms with Gasteiger partial charge >= 0.3 is 0 Å². The number of carbonyl (C=O) groups is 1. The number of aromatic nitrogens is 5. The van der Waals surface area contributed by atoms with E-state index in [1.54, 1.807) is 16.1 Å². The molecule has 0 aliphatic carbocycles. The van der Waals surface area contributed by atoms with Crippen molar-refractivity contribution < 1.29 is 4.79 Å². The third-order valence-electron chi connectivity index (χ3n) is 4.43. The number of hydrogen-bond donors (Lipinski definition) is 1. The zero-order chi connectivity index (χ0) is 19.1. The fourth-order valence-corrected chi connectivity index (χ4v) is 3.72. The lowest BCUT2D eigenvalue weighted by Crippen LogP contribution is -2.11. The van der Waals surface area contributed by atoms with Crippen LogP contribution in [0.4, 0.5) is 5.69 Å². The predicted molar refractivity (Wildman–Crippen MR) is 109 cm³/mol. The lowest BCUT2D eigenvalue weighted by molar-refractivity contribution is 0.102. The van der Waals surface area contributed by atoms with E-state index in [0.29, 0.717) is 16.9 Å². The minimum absolute atomic E-state index is 0.162. The molecule has 0 unspecified atom stereocenters. The van der Waals surface area contributed by atoms with Gasteiger partial charge < -0.3 is 5.32 Å². The van der Waals surface area contributed by atoms with Crippen molar-refractivity contribution in [3.8, 4) is 11.3 Å². The van der Waals surface area contributed by atoms with Crippen LogP contribution in [0.1, 0.15) is 16.2 Å². The van der Waals surface area contributed by atoms with Crippen molar-refractivity contribution in [1.82, 2.24) is 24.8 Å². The zero-order valence-electron chi connectivity index (χ0n) is 14.8. The minimum Gasteiger partial charge on any atom is -0.322 e. The third kappa shape index (κ3) is 2.89. The van der Waals surface area contributed by atoms with Crippen molar-refractivity contribution in [2.24, 2.45) is 0 Å². The molecule has 0 atom stereocenters. The molecule has 8 heteroatoms. The molecule has 28 heavy (non-hydrogen) atoms. The number of benzene rings is 2. The van der Waals surface area contributed by atoms with Crippen LogP contribution in [0, 0.1) is 6.92 Å². The second-order valence-electron chi connectivity index (χ2n) is 6.31. The van der Waals surface area contributed by atoms with Gasteiger partial charge in [-0.2, -0.15) is 9.61 Å². The maximum atomic E-state index is 12.6. The monoisotopic (exact) mass is 386 g/mol. The molecule has 1 N–H and O–H groups in total. The second kappa shape index (κ2) is 6.50. The normalized spacial score (nSPS) is 11.2. The van der Waals surface area contributed by atoms with E-state index in [1.807, 2.05) is 55.5 Å². The number of anilines is 1. The fourth-order valence-electron chi connectivity index (χ4n) is 3.01. The Morgan fingerprint density at radius 3 is 2.93 bits per heavy atom. The Balaban J connectivity index is 1.44. The number of aryl methyl sites for hydroxylation is 1. The maximum Gasteiger partial charge on any atom is 0.255 e. The van der Waals surface area contributed by atoms with E-state index >= 15 is 0 Å². The summed E-state index contributed by atoms with van der Waals surface area (Å²) in [6.45, 7) is 1.85. The van der Waals surface area contributed by atoms with Gasteiger partial charge in [-0.3, -0.25) is 4.79 Å². The molecule has 3 heterocycles. The molecule has 5 aromatic rings. The standard InChI is InChI=1S/C20H14N6OS/c1-12-23-24-19-8-7-16(25-26(12)19)13-3-2-4-15(9-13)22-20(27)14-5-6-17-18(10-14)28-11-21-17/h2-11H,1H3,(H,22,27). The van der Waals surface area contributed by atoms with Crippen LogP contribution in [0.15, 0.2) is 60.1 Å². The van der Waals surface area contributed by atoms with Crippen molar-refractivity contribution in [1.29, 1.82) is 0 Å². The minimum atomic E-state index is -0.162. The van der Waals surface area contributed by atoms with Crippen LogP contribution in [0.25, 0.3) is 27.1 Å². The zero-order valence-corrected chi connectivity index (χ0v) is 15.6.